The Kier molecular flexibility index (Phi) is 3.98. The summed E-state index contributed by atoms with van der Waals surface area (Å²) in [7, 11) is 1.39. The zero-order valence-corrected chi connectivity index (χ0v) is 13.7. The summed E-state index contributed by atoms with van der Waals surface area (Å²) < 4.78 is 4.79. The van der Waals surface area contributed by atoms with Crippen molar-refractivity contribution in [3.05, 3.63) is 57.0 Å². The van der Waals surface area contributed by atoms with Crippen molar-refractivity contribution >= 4 is 5.97 Å². The average Bonchev–Trinajstić information content (AvgIpc) is 2.51. The number of nitrogens with one attached hydrogen (secondary N) is 2. The minimum atomic E-state index is -0.454. The zero-order chi connectivity index (χ0) is 16.6. The first-order chi connectivity index (χ1) is 11.0. The fourth-order valence-electron chi connectivity index (χ4n) is 4.06. The van der Waals surface area contributed by atoms with Crippen LogP contribution in [0.5, 0.6) is 0 Å². The highest BCUT2D eigenvalue weighted by molar-refractivity contribution is 5.72. The number of carbonyl (C=O) groups excluding carboxylic acids is 1. The molecule has 5 heteroatoms. The quantitative estimate of drug-likeness (QED) is 0.659. The molecular weight excluding hydrogens is 292 g/mol. The van der Waals surface area contributed by atoms with Gasteiger partial charge < -0.3 is 9.72 Å². The number of aromatic amines is 1. The first-order valence-electron chi connectivity index (χ1n) is 7.88. The number of methoxy groups -OCH3 is 1. The van der Waals surface area contributed by atoms with Gasteiger partial charge in [0.2, 0.25) is 5.56 Å². The molecule has 0 spiro atoms. The normalized spacial score (nSPS) is 27.3. The minimum absolute atomic E-state index is 0.0884. The third-order valence-electron chi connectivity index (χ3n) is 4.88. The SMILES string of the molecule is C/C=C1\C2C=C(C)CC1(NCC(=O)OC)c1ccc(=O)[nH]c1C2. The zero-order valence-electron chi connectivity index (χ0n) is 13.7. The van der Waals surface area contributed by atoms with Crippen LogP contribution in [0.3, 0.4) is 0 Å². The first kappa shape index (κ1) is 15.7. The summed E-state index contributed by atoms with van der Waals surface area (Å²) in [5.74, 6) is -0.0559. The lowest BCUT2D eigenvalue weighted by molar-refractivity contribution is -0.139. The summed E-state index contributed by atoms with van der Waals surface area (Å²) >= 11 is 0. The van der Waals surface area contributed by atoms with Gasteiger partial charge in [-0.1, -0.05) is 17.7 Å². The fourth-order valence-corrected chi connectivity index (χ4v) is 4.06. The predicted octanol–water partition coefficient (Wildman–Crippen LogP) is 1.80. The second-order valence-electron chi connectivity index (χ2n) is 6.29. The topological polar surface area (TPSA) is 71.2 Å². The predicted molar refractivity (Wildman–Crippen MR) is 88.1 cm³/mol. The summed E-state index contributed by atoms with van der Waals surface area (Å²) in [6.07, 6.45) is 5.96. The van der Waals surface area contributed by atoms with Crippen LogP contribution in [-0.4, -0.2) is 24.6 Å². The van der Waals surface area contributed by atoms with Crippen molar-refractivity contribution in [1.82, 2.24) is 10.3 Å². The van der Waals surface area contributed by atoms with Crippen LogP contribution in [0.25, 0.3) is 0 Å². The van der Waals surface area contributed by atoms with Gasteiger partial charge in [0.15, 0.2) is 0 Å². The van der Waals surface area contributed by atoms with E-state index in [-0.39, 0.29) is 24.0 Å². The van der Waals surface area contributed by atoms with Crippen molar-refractivity contribution in [2.45, 2.75) is 32.2 Å². The maximum atomic E-state index is 11.7. The molecule has 0 aromatic carbocycles. The highest BCUT2D eigenvalue weighted by Crippen LogP contribution is 2.49. The van der Waals surface area contributed by atoms with Gasteiger partial charge in [0, 0.05) is 17.7 Å². The van der Waals surface area contributed by atoms with Crippen LogP contribution in [-0.2, 0) is 21.5 Å². The van der Waals surface area contributed by atoms with Crippen LogP contribution in [0, 0.1) is 5.92 Å². The summed E-state index contributed by atoms with van der Waals surface area (Å²) in [6.45, 7) is 4.28. The van der Waals surface area contributed by atoms with Crippen LogP contribution in [0.2, 0.25) is 0 Å². The molecule has 2 aliphatic rings. The largest absolute Gasteiger partial charge is 0.468 e. The van der Waals surface area contributed by atoms with Crippen molar-refractivity contribution in [1.29, 1.82) is 0 Å². The van der Waals surface area contributed by atoms with Gasteiger partial charge in [0.1, 0.15) is 0 Å². The van der Waals surface area contributed by atoms with E-state index in [1.165, 1.54) is 18.3 Å². The van der Waals surface area contributed by atoms with Crippen LogP contribution >= 0.6 is 0 Å². The summed E-state index contributed by atoms with van der Waals surface area (Å²) in [4.78, 5) is 26.4. The van der Waals surface area contributed by atoms with E-state index in [9.17, 15) is 9.59 Å². The molecule has 0 amide bonds. The molecule has 0 fully saturated rings. The molecule has 1 aromatic heterocycles. The number of hydrogen-bond donors (Lipinski definition) is 2. The van der Waals surface area contributed by atoms with E-state index in [1.54, 1.807) is 6.07 Å². The molecule has 0 aliphatic heterocycles. The molecule has 1 heterocycles. The van der Waals surface area contributed by atoms with Gasteiger partial charge in [-0.25, -0.2) is 0 Å². The Morgan fingerprint density at radius 3 is 3.00 bits per heavy atom. The first-order valence-corrected chi connectivity index (χ1v) is 7.88. The number of carbonyl (C=O) groups is 1. The molecule has 2 unspecified atom stereocenters. The molecule has 0 radical (unpaired) electrons. The van der Waals surface area contributed by atoms with Gasteiger partial charge >= 0.3 is 5.97 Å². The standard InChI is InChI=1S/C18H22N2O3/c1-4-13-12-7-11(2)9-18(13,19-10-17(22)23-3)14-5-6-16(21)20-15(14)8-12/h4-7,12,19H,8-10H2,1-3H3,(H,20,21)/b13-4+. The van der Waals surface area contributed by atoms with Crippen LogP contribution in [0.15, 0.2) is 40.2 Å². The highest BCUT2D eigenvalue weighted by Gasteiger charge is 2.46. The maximum absolute atomic E-state index is 11.7. The number of ether oxygens (including phenoxy) is 1. The Hall–Kier alpha value is -2.14. The molecule has 1 aromatic rings. The lowest BCUT2D eigenvalue weighted by Crippen LogP contribution is -2.53. The molecule has 2 N–H and O–H groups in total. The van der Waals surface area contributed by atoms with Crippen LogP contribution in [0.1, 0.15) is 31.5 Å². The number of fused-ring (bicyclic) bond motifs is 4. The van der Waals surface area contributed by atoms with E-state index in [0.717, 1.165) is 24.1 Å². The lowest BCUT2D eigenvalue weighted by Gasteiger charge is -2.48. The number of pyridine rings is 1. The van der Waals surface area contributed by atoms with E-state index in [1.807, 2.05) is 13.0 Å². The van der Waals surface area contributed by atoms with Crippen molar-refractivity contribution in [2.24, 2.45) is 5.92 Å². The summed E-state index contributed by atoms with van der Waals surface area (Å²) in [5.41, 5.74) is 4.01. The van der Waals surface area contributed by atoms with Crippen molar-refractivity contribution in [2.75, 3.05) is 13.7 Å². The third-order valence-corrected chi connectivity index (χ3v) is 4.88. The van der Waals surface area contributed by atoms with Gasteiger partial charge in [-0.3, -0.25) is 14.9 Å². The molecule has 2 atom stereocenters. The lowest BCUT2D eigenvalue weighted by atomic mass is 9.63. The van der Waals surface area contributed by atoms with Crippen molar-refractivity contribution in [3.8, 4) is 0 Å². The Morgan fingerprint density at radius 2 is 2.30 bits per heavy atom. The Balaban J connectivity index is 2.15. The molecule has 2 aliphatic carbocycles. The van der Waals surface area contributed by atoms with E-state index in [0.29, 0.717) is 0 Å². The summed E-state index contributed by atoms with van der Waals surface area (Å²) in [5, 5.41) is 3.42. The third kappa shape index (κ3) is 2.55. The van der Waals surface area contributed by atoms with E-state index in [4.69, 9.17) is 4.74 Å². The Labute approximate surface area is 135 Å². The molecule has 23 heavy (non-hydrogen) atoms. The van der Waals surface area contributed by atoms with E-state index in [2.05, 4.69) is 29.4 Å². The second kappa shape index (κ2) is 5.81. The monoisotopic (exact) mass is 314 g/mol. The number of H-pyrrole nitrogens is 1. The van der Waals surface area contributed by atoms with Crippen LogP contribution in [0.4, 0.5) is 0 Å². The number of hydrogen-bond acceptors (Lipinski definition) is 4. The van der Waals surface area contributed by atoms with Crippen LogP contribution < -0.4 is 10.9 Å². The van der Waals surface area contributed by atoms with Gasteiger partial charge in [-0.05, 0) is 43.9 Å². The molecule has 0 saturated heterocycles. The van der Waals surface area contributed by atoms with Gasteiger partial charge in [0.05, 0.1) is 19.2 Å². The molecule has 2 bridgehead atoms. The van der Waals surface area contributed by atoms with Gasteiger partial charge in [-0.2, -0.15) is 0 Å². The van der Waals surface area contributed by atoms with Gasteiger partial charge in [-0.15, -0.1) is 0 Å². The van der Waals surface area contributed by atoms with Crippen molar-refractivity contribution < 1.29 is 9.53 Å². The second-order valence-corrected chi connectivity index (χ2v) is 6.29. The average molecular weight is 314 g/mol. The molecule has 122 valence electrons. The fraction of sp³-hybridized carbons (Fsp3) is 0.444. The van der Waals surface area contributed by atoms with E-state index < -0.39 is 5.54 Å². The molecule has 3 rings (SSSR count). The molecule has 0 saturated carbocycles. The Bertz CT molecular complexity index is 760. The minimum Gasteiger partial charge on any atom is -0.468 e. The number of allylic oxidation sites excluding steroid dienone is 2. The molecular formula is C18H22N2O3. The van der Waals surface area contributed by atoms with Crippen molar-refractivity contribution in [3.63, 3.8) is 0 Å². The maximum Gasteiger partial charge on any atom is 0.319 e. The number of esters is 1. The van der Waals surface area contributed by atoms with Gasteiger partial charge in [0.25, 0.3) is 0 Å². The number of rotatable bonds is 3. The Morgan fingerprint density at radius 1 is 1.52 bits per heavy atom. The highest BCUT2D eigenvalue weighted by atomic mass is 16.5. The molecule has 5 nitrogen and oxygen atoms in total. The summed E-state index contributed by atoms with van der Waals surface area (Å²) in [6, 6.07) is 3.44. The van der Waals surface area contributed by atoms with E-state index >= 15 is 0 Å². The smallest absolute Gasteiger partial charge is 0.319 e. The number of aromatic nitrogens is 1.